The number of nitrogens with one attached hydrogen (secondary N) is 1. The zero-order chi connectivity index (χ0) is 18.0. The van der Waals surface area contributed by atoms with Crippen LogP contribution in [0.15, 0.2) is 0 Å². The number of ether oxygens (including phenoxy) is 1. The molecule has 0 aromatic carbocycles. The largest absolute Gasteiger partial charge is 0.465 e. The van der Waals surface area contributed by atoms with Crippen LogP contribution in [-0.4, -0.2) is 47.7 Å². The van der Waals surface area contributed by atoms with Crippen LogP contribution in [0, 0.1) is 18.8 Å². The lowest BCUT2D eigenvalue weighted by Crippen LogP contribution is -2.43. The first-order valence-electron chi connectivity index (χ1n) is 8.33. The van der Waals surface area contributed by atoms with Gasteiger partial charge in [0.25, 0.3) is 0 Å². The Morgan fingerprint density at radius 3 is 2.29 bits per heavy atom. The van der Waals surface area contributed by atoms with E-state index in [2.05, 4.69) is 18.8 Å². The fourth-order valence-corrected chi connectivity index (χ4v) is 3.65. The number of likely N-dealkylation sites (tertiary alicyclic amines) is 1. The second-order valence-electron chi connectivity index (χ2n) is 6.95. The summed E-state index contributed by atoms with van der Waals surface area (Å²) in [7, 11) is 1.29. The maximum Gasteiger partial charge on any atom is 0.339 e. The Bertz CT molecular complexity index is 652. The maximum atomic E-state index is 12.7. The molecule has 0 spiro atoms. The van der Waals surface area contributed by atoms with Crippen LogP contribution in [-0.2, 0) is 16.0 Å². The predicted octanol–water partition coefficient (Wildman–Crippen LogP) is 2.36. The average molecular weight is 334 g/mol. The molecule has 1 aliphatic rings. The van der Waals surface area contributed by atoms with Crippen molar-refractivity contribution in [3.63, 3.8) is 0 Å². The van der Waals surface area contributed by atoms with Gasteiger partial charge in [0, 0.05) is 25.7 Å². The number of carbonyl (C=O) groups excluding carboxylic acids is 3. The van der Waals surface area contributed by atoms with Gasteiger partial charge in [-0.15, -0.1) is 0 Å². The highest BCUT2D eigenvalue weighted by molar-refractivity contribution is 6.01. The van der Waals surface area contributed by atoms with Gasteiger partial charge >= 0.3 is 5.97 Å². The minimum absolute atomic E-state index is 0.0325. The molecule has 1 aromatic rings. The van der Waals surface area contributed by atoms with Crippen molar-refractivity contribution >= 4 is 17.7 Å². The molecule has 1 aliphatic heterocycles. The summed E-state index contributed by atoms with van der Waals surface area (Å²) in [6, 6.07) is 0. The van der Waals surface area contributed by atoms with Crippen LogP contribution >= 0.6 is 0 Å². The molecule has 0 aliphatic carbocycles. The highest BCUT2D eigenvalue weighted by Crippen LogP contribution is 2.24. The molecule has 2 atom stereocenters. The van der Waals surface area contributed by atoms with E-state index in [0.29, 0.717) is 34.4 Å². The van der Waals surface area contributed by atoms with Crippen LogP contribution in [0.2, 0.25) is 0 Å². The lowest BCUT2D eigenvalue weighted by Gasteiger charge is -2.35. The number of Topliss-reactive ketones (excluding diaryl/α,β-unsaturated/α-hetero) is 1. The molecule has 24 heavy (non-hydrogen) atoms. The quantitative estimate of drug-likeness (QED) is 0.677. The second-order valence-corrected chi connectivity index (χ2v) is 6.95. The zero-order valence-corrected chi connectivity index (χ0v) is 15.1. The van der Waals surface area contributed by atoms with Crippen molar-refractivity contribution in [2.45, 2.75) is 40.5 Å². The summed E-state index contributed by atoms with van der Waals surface area (Å²) in [4.78, 5) is 41.3. The summed E-state index contributed by atoms with van der Waals surface area (Å²) in [6.45, 7) is 8.87. The number of H-pyrrole nitrogens is 1. The number of carbonyl (C=O) groups is 3. The fourth-order valence-electron chi connectivity index (χ4n) is 3.65. The molecule has 1 amide bonds. The first-order chi connectivity index (χ1) is 11.2. The fraction of sp³-hybridized carbons (Fsp3) is 0.611. The number of nitrogens with zero attached hydrogens (tertiary/aromatic N) is 1. The zero-order valence-electron chi connectivity index (χ0n) is 15.1. The Hall–Kier alpha value is -2.11. The first kappa shape index (κ1) is 18.2. The third kappa shape index (κ3) is 3.68. The molecule has 6 heteroatoms. The normalized spacial score (nSPS) is 20.8. The van der Waals surface area contributed by atoms with Crippen molar-refractivity contribution in [2.75, 3.05) is 20.2 Å². The Kier molecular flexibility index (Phi) is 5.47. The van der Waals surface area contributed by atoms with Gasteiger partial charge in [0.1, 0.15) is 0 Å². The van der Waals surface area contributed by atoms with Gasteiger partial charge in [-0.2, -0.15) is 0 Å². The van der Waals surface area contributed by atoms with E-state index < -0.39 is 5.97 Å². The maximum absolute atomic E-state index is 12.7. The number of rotatable bonds is 4. The van der Waals surface area contributed by atoms with Gasteiger partial charge < -0.3 is 14.6 Å². The number of hydrogen-bond acceptors (Lipinski definition) is 4. The van der Waals surface area contributed by atoms with E-state index in [1.54, 1.807) is 6.92 Å². The monoisotopic (exact) mass is 334 g/mol. The predicted molar refractivity (Wildman–Crippen MR) is 90.1 cm³/mol. The molecule has 132 valence electrons. The van der Waals surface area contributed by atoms with Gasteiger partial charge in [0.15, 0.2) is 5.78 Å². The Morgan fingerprint density at radius 2 is 1.79 bits per heavy atom. The third-order valence-electron chi connectivity index (χ3n) is 4.62. The molecule has 2 heterocycles. The SMILES string of the molecule is COC(=O)c1c(CC(=O)N2C[C@@H](C)C[C@H](C)C2)[nH]c(C(C)=O)c1C. The molecule has 1 N–H and O–H groups in total. The number of ketones is 1. The summed E-state index contributed by atoms with van der Waals surface area (Å²) in [6.07, 6.45) is 1.19. The van der Waals surface area contributed by atoms with Gasteiger partial charge in [0.2, 0.25) is 5.91 Å². The van der Waals surface area contributed by atoms with Crippen LogP contribution in [0.4, 0.5) is 0 Å². The number of aromatic amines is 1. The number of piperidine rings is 1. The lowest BCUT2D eigenvalue weighted by molar-refractivity contribution is -0.133. The van der Waals surface area contributed by atoms with Gasteiger partial charge in [-0.25, -0.2) is 4.79 Å². The summed E-state index contributed by atoms with van der Waals surface area (Å²) in [5, 5.41) is 0. The molecule has 1 fully saturated rings. The Balaban J connectivity index is 2.28. The number of hydrogen-bond donors (Lipinski definition) is 1. The second kappa shape index (κ2) is 7.20. The standard InChI is InChI=1S/C18H26N2O4/c1-10-6-11(2)9-20(8-10)15(22)7-14-16(18(23)24-5)12(3)17(19-14)13(4)21/h10-11,19H,6-9H2,1-5H3/t10-,11-/m0/s1. The minimum Gasteiger partial charge on any atom is -0.465 e. The Labute approximate surface area is 142 Å². The van der Waals surface area contributed by atoms with E-state index in [1.165, 1.54) is 14.0 Å². The van der Waals surface area contributed by atoms with Crippen LogP contribution in [0.25, 0.3) is 0 Å². The molecule has 6 nitrogen and oxygen atoms in total. The number of methoxy groups -OCH3 is 1. The average Bonchev–Trinajstić information content (AvgIpc) is 2.82. The van der Waals surface area contributed by atoms with Gasteiger partial charge in [0.05, 0.1) is 24.8 Å². The van der Waals surface area contributed by atoms with Crippen LogP contribution in [0.1, 0.15) is 59.3 Å². The molecular formula is C18H26N2O4. The van der Waals surface area contributed by atoms with E-state index >= 15 is 0 Å². The summed E-state index contributed by atoms with van der Waals surface area (Å²) >= 11 is 0. The molecular weight excluding hydrogens is 308 g/mol. The van der Waals surface area contributed by atoms with E-state index in [-0.39, 0.29) is 18.1 Å². The topological polar surface area (TPSA) is 79.5 Å². The smallest absolute Gasteiger partial charge is 0.339 e. The van der Waals surface area contributed by atoms with Crippen LogP contribution in [0.5, 0.6) is 0 Å². The molecule has 0 radical (unpaired) electrons. The van der Waals surface area contributed by atoms with Gasteiger partial charge in [-0.3, -0.25) is 9.59 Å². The highest BCUT2D eigenvalue weighted by Gasteiger charge is 2.29. The van der Waals surface area contributed by atoms with Gasteiger partial charge in [-0.05, 0) is 30.7 Å². The molecule has 0 saturated carbocycles. The summed E-state index contributed by atoms with van der Waals surface area (Å²) in [5.41, 5.74) is 1.66. The van der Waals surface area contributed by atoms with E-state index in [1.807, 2.05) is 4.90 Å². The van der Waals surface area contributed by atoms with E-state index in [9.17, 15) is 14.4 Å². The molecule has 0 bridgehead atoms. The minimum atomic E-state index is -0.528. The van der Waals surface area contributed by atoms with Crippen LogP contribution in [0.3, 0.4) is 0 Å². The van der Waals surface area contributed by atoms with Crippen molar-refractivity contribution in [1.82, 2.24) is 9.88 Å². The lowest BCUT2D eigenvalue weighted by atomic mass is 9.91. The third-order valence-corrected chi connectivity index (χ3v) is 4.62. The van der Waals surface area contributed by atoms with E-state index in [0.717, 1.165) is 19.5 Å². The number of amides is 1. The van der Waals surface area contributed by atoms with Crippen LogP contribution < -0.4 is 0 Å². The van der Waals surface area contributed by atoms with Crippen molar-refractivity contribution in [3.8, 4) is 0 Å². The van der Waals surface area contributed by atoms with Crippen molar-refractivity contribution in [1.29, 1.82) is 0 Å². The van der Waals surface area contributed by atoms with Crippen molar-refractivity contribution < 1.29 is 19.1 Å². The molecule has 2 rings (SSSR count). The Morgan fingerprint density at radius 1 is 1.21 bits per heavy atom. The van der Waals surface area contributed by atoms with Crippen molar-refractivity contribution in [2.24, 2.45) is 11.8 Å². The van der Waals surface area contributed by atoms with Gasteiger partial charge in [-0.1, -0.05) is 13.8 Å². The summed E-state index contributed by atoms with van der Waals surface area (Å²) < 4.78 is 4.82. The number of aromatic nitrogens is 1. The molecule has 0 unspecified atom stereocenters. The first-order valence-corrected chi connectivity index (χ1v) is 8.33. The summed E-state index contributed by atoms with van der Waals surface area (Å²) in [5.74, 6) is 0.206. The molecule has 1 saturated heterocycles. The highest BCUT2D eigenvalue weighted by atomic mass is 16.5. The van der Waals surface area contributed by atoms with Crippen molar-refractivity contribution in [3.05, 3.63) is 22.5 Å². The van der Waals surface area contributed by atoms with E-state index in [4.69, 9.17) is 4.74 Å². The molecule has 1 aromatic heterocycles. The number of esters is 1.